The van der Waals surface area contributed by atoms with E-state index in [1.807, 2.05) is 6.07 Å². The van der Waals surface area contributed by atoms with Gasteiger partial charge < -0.3 is 9.64 Å². The minimum Gasteiger partial charge on any atom is -0.497 e. The summed E-state index contributed by atoms with van der Waals surface area (Å²) in [5.74, 6) is 1.94. The van der Waals surface area contributed by atoms with Gasteiger partial charge in [0.05, 0.1) is 7.11 Å². The molecule has 3 rings (SSSR count). The zero-order valence-electron chi connectivity index (χ0n) is 14.5. The number of nitrogens with zero attached hydrogens (tertiary/aromatic N) is 1. The Morgan fingerprint density at radius 3 is 3.04 bits per heavy atom. The molecule has 0 amide bonds. The number of methoxy groups -OCH3 is 1. The van der Waals surface area contributed by atoms with Gasteiger partial charge in [0.1, 0.15) is 11.5 Å². The molecule has 0 radical (unpaired) electrons. The van der Waals surface area contributed by atoms with Crippen LogP contribution in [-0.4, -0.2) is 37.4 Å². The van der Waals surface area contributed by atoms with Crippen molar-refractivity contribution in [2.45, 2.75) is 50.9 Å². The van der Waals surface area contributed by atoms with Crippen molar-refractivity contribution in [1.82, 2.24) is 4.90 Å². The quantitative estimate of drug-likeness (QED) is 0.827. The summed E-state index contributed by atoms with van der Waals surface area (Å²) < 4.78 is 5.43. The number of carbonyl (C=O) groups is 1. The van der Waals surface area contributed by atoms with E-state index in [9.17, 15) is 4.79 Å². The monoisotopic (exact) mass is 315 g/mol. The minimum atomic E-state index is 0.0343. The maximum Gasteiger partial charge on any atom is 0.133 e. The summed E-state index contributed by atoms with van der Waals surface area (Å²) in [5, 5.41) is 0. The number of benzene rings is 1. The predicted octanol–water partition coefficient (Wildman–Crippen LogP) is 3.81. The molecule has 3 heteroatoms. The number of rotatable bonds is 5. The van der Waals surface area contributed by atoms with Crippen molar-refractivity contribution in [3.63, 3.8) is 0 Å². The molecular formula is C20H29NO2. The molecule has 1 saturated carbocycles. The second kappa shape index (κ2) is 7.04. The number of hydrogen-bond donors (Lipinski definition) is 0. The lowest BCUT2D eigenvalue weighted by Crippen LogP contribution is -2.53. The third-order valence-electron chi connectivity index (χ3n) is 5.89. The average molecular weight is 315 g/mol. The maximum absolute atomic E-state index is 12.3. The van der Waals surface area contributed by atoms with Crippen LogP contribution in [0.3, 0.4) is 0 Å². The van der Waals surface area contributed by atoms with Crippen LogP contribution in [0.4, 0.5) is 0 Å². The van der Waals surface area contributed by atoms with Crippen LogP contribution >= 0.6 is 0 Å². The maximum atomic E-state index is 12.3. The van der Waals surface area contributed by atoms with Gasteiger partial charge >= 0.3 is 0 Å². The first kappa shape index (κ1) is 16.5. The van der Waals surface area contributed by atoms with Crippen LogP contribution < -0.4 is 4.74 Å². The van der Waals surface area contributed by atoms with Crippen molar-refractivity contribution in [1.29, 1.82) is 0 Å². The first-order chi connectivity index (χ1) is 11.2. The highest BCUT2D eigenvalue weighted by Gasteiger charge is 2.47. The van der Waals surface area contributed by atoms with Gasteiger partial charge in [-0.3, -0.25) is 4.79 Å². The van der Waals surface area contributed by atoms with E-state index in [-0.39, 0.29) is 5.41 Å². The van der Waals surface area contributed by atoms with Gasteiger partial charge in [-0.25, -0.2) is 0 Å². The Kier molecular flexibility index (Phi) is 5.05. The highest BCUT2D eigenvalue weighted by atomic mass is 16.5. The lowest BCUT2D eigenvalue weighted by atomic mass is 9.59. The molecule has 0 unspecified atom stereocenters. The molecule has 1 aliphatic carbocycles. The summed E-state index contributed by atoms with van der Waals surface area (Å²) in [5.41, 5.74) is 1.34. The van der Waals surface area contributed by atoms with E-state index in [2.05, 4.69) is 30.0 Å². The highest BCUT2D eigenvalue weighted by Crippen LogP contribution is 2.48. The first-order valence-electron chi connectivity index (χ1n) is 9.06. The Balaban J connectivity index is 1.87. The average Bonchev–Trinajstić information content (AvgIpc) is 2.59. The van der Waals surface area contributed by atoms with Crippen LogP contribution in [0.25, 0.3) is 0 Å². The third kappa shape index (κ3) is 3.30. The molecule has 2 aliphatic rings. The van der Waals surface area contributed by atoms with Crippen LogP contribution in [-0.2, 0) is 10.2 Å². The Labute approximate surface area is 140 Å². The second-order valence-electron chi connectivity index (χ2n) is 7.24. The van der Waals surface area contributed by atoms with Gasteiger partial charge in [-0.05, 0) is 56.0 Å². The van der Waals surface area contributed by atoms with Crippen LogP contribution in [0.1, 0.15) is 51.0 Å². The van der Waals surface area contributed by atoms with Crippen molar-refractivity contribution in [3.8, 4) is 5.75 Å². The fraction of sp³-hybridized carbons (Fsp3) is 0.650. The van der Waals surface area contributed by atoms with Crippen molar-refractivity contribution in [2.24, 2.45) is 5.92 Å². The Bertz CT molecular complexity index is 556. The van der Waals surface area contributed by atoms with Gasteiger partial charge in [-0.1, -0.05) is 25.5 Å². The Morgan fingerprint density at radius 2 is 2.26 bits per heavy atom. The van der Waals surface area contributed by atoms with Crippen molar-refractivity contribution in [2.75, 3.05) is 26.7 Å². The van der Waals surface area contributed by atoms with Gasteiger partial charge in [-0.15, -0.1) is 0 Å². The summed E-state index contributed by atoms with van der Waals surface area (Å²) in [4.78, 5) is 14.9. The standard InChI is InChI=1S/C20H29NO2/c1-3-4-11-21-12-10-20(14-18(22)9-8-17(20)15-21)16-6-5-7-19(13-16)23-2/h5-7,13,17H,3-4,8-12,14-15H2,1-2H3/t17-,20+/m1/s1. The number of likely N-dealkylation sites (tertiary alicyclic amines) is 1. The molecule has 0 N–H and O–H groups in total. The highest BCUT2D eigenvalue weighted by molar-refractivity contribution is 5.81. The number of carbonyl (C=O) groups excluding carboxylic acids is 1. The molecule has 1 saturated heterocycles. The summed E-state index contributed by atoms with van der Waals surface area (Å²) in [7, 11) is 1.72. The lowest BCUT2D eigenvalue weighted by molar-refractivity contribution is -0.125. The molecule has 0 aromatic heterocycles. The third-order valence-corrected chi connectivity index (χ3v) is 5.89. The molecular weight excluding hydrogens is 286 g/mol. The van der Waals surface area contributed by atoms with E-state index in [1.54, 1.807) is 7.11 Å². The number of ketones is 1. The van der Waals surface area contributed by atoms with Gasteiger partial charge in [0, 0.05) is 24.8 Å². The SMILES string of the molecule is CCCCN1CC[C@@]2(c3cccc(OC)c3)CC(=O)CC[C@@H]2C1. The topological polar surface area (TPSA) is 29.5 Å². The van der Waals surface area contributed by atoms with Crippen molar-refractivity contribution >= 4 is 5.78 Å². The van der Waals surface area contributed by atoms with Crippen LogP contribution in [0.15, 0.2) is 24.3 Å². The molecule has 1 aromatic rings. The van der Waals surface area contributed by atoms with E-state index in [0.717, 1.165) is 38.1 Å². The lowest BCUT2D eigenvalue weighted by Gasteiger charge is -2.50. The van der Waals surface area contributed by atoms with Crippen molar-refractivity contribution in [3.05, 3.63) is 29.8 Å². The van der Waals surface area contributed by atoms with E-state index < -0.39 is 0 Å². The molecule has 1 aliphatic heterocycles. The van der Waals surface area contributed by atoms with Crippen LogP contribution in [0, 0.1) is 5.92 Å². The zero-order valence-corrected chi connectivity index (χ0v) is 14.5. The van der Waals surface area contributed by atoms with E-state index >= 15 is 0 Å². The molecule has 3 nitrogen and oxygen atoms in total. The Morgan fingerprint density at radius 1 is 1.39 bits per heavy atom. The second-order valence-corrected chi connectivity index (χ2v) is 7.24. The molecule has 2 fully saturated rings. The normalized spacial score (nSPS) is 28.4. The molecule has 1 heterocycles. The number of hydrogen-bond acceptors (Lipinski definition) is 3. The zero-order chi connectivity index (χ0) is 16.3. The largest absolute Gasteiger partial charge is 0.497 e. The van der Waals surface area contributed by atoms with Crippen molar-refractivity contribution < 1.29 is 9.53 Å². The number of ether oxygens (including phenoxy) is 1. The molecule has 2 atom stereocenters. The Hall–Kier alpha value is -1.35. The van der Waals surface area contributed by atoms with Crippen LogP contribution in [0.5, 0.6) is 5.75 Å². The summed E-state index contributed by atoms with van der Waals surface area (Å²) in [6, 6.07) is 8.43. The van der Waals surface area contributed by atoms with Gasteiger partial charge in [0.2, 0.25) is 0 Å². The van der Waals surface area contributed by atoms with Crippen LogP contribution in [0.2, 0.25) is 0 Å². The molecule has 1 aromatic carbocycles. The summed E-state index contributed by atoms with van der Waals surface area (Å²) >= 11 is 0. The minimum absolute atomic E-state index is 0.0343. The predicted molar refractivity (Wildman–Crippen MR) is 93.0 cm³/mol. The smallest absolute Gasteiger partial charge is 0.133 e. The number of fused-ring (bicyclic) bond motifs is 1. The van der Waals surface area contributed by atoms with E-state index in [4.69, 9.17) is 4.74 Å². The number of Topliss-reactive ketones (excluding diaryl/α,β-unsaturated/α-hetero) is 1. The molecule has 126 valence electrons. The molecule has 23 heavy (non-hydrogen) atoms. The fourth-order valence-electron chi connectivity index (χ4n) is 4.51. The summed E-state index contributed by atoms with van der Waals surface area (Å²) in [6.45, 7) is 5.71. The van der Waals surface area contributed by atoms with Gasteiger partial charge in [0.15, 0.2) is 0 Å². The fourth-order valence-corrected chi connectivity index (χ4v) is 4.51. The van der Waals surface area contributed by atoms with Gasteiger partial charge in [0.25, 0.3) is 0 Å². The van der Waals surface area contributed by atoms with E-state index in [1.165, 1.54) is 24.9 Å². The number of piperidine rings is 1. The number of unbranched alkanes of at least 4 members (excludes halogenated alkanes) is 1. The summed E-state index contributed by atoms with van der Waals surface area (Å²) in [6.07, 6.45) is 6.14. The van der Waals surface area contributed by atoms with Gasteiger partial charge in [-0.2, -0.15) is 0 Å². The van der Waals surface area contributed by atoms with E-state index in [0.29, 0.717) is 18.1 Å². The first-order valence-corrected chi connectivity index (χ1v) is 9.06. The molecule has 0 spiro atoms. The molecule has 0 bridgehead atoms.